The van der Waals surface area contributed by atoms with Crippen LogP contribution in [-0.4, -0.2) is 30.8 Å². The number of imidazole rings is 1. The molecule has 0 aliphatic rings. The smallest absolute Gasteiger partial charge is 0.291 e. The number of hydrogen-bond acceptors (Lipinski definition) is 9. The quantitative estimate of drug-likeness (QED) is 0.410. The molecule has 32 heavy (non-hydrogen) atoms. The molecule has 1 amide bonds. The molecule has 5 aromatic rings. The van der Waals surface area contributed by atoms with Crippen molar-refractivity contribution in [1.29, 1.82) is 0 Å². The molecule has 0 aliphatic carbocycles. The minimum Gasteiger partial charge on any atom is -0.459 e. The van der Waals surface area contributed by atoms with Crippen molar-refractivity contribution in [3.63, 3.8) is 0 Å². The molecular weight excluding hydrogens is 414 g/mol. The number of pyridine rings is 1. The first-order valence-electron chi connectivity index (χ1n) is 9.70. The molecule has 160 valence electrons. The van der Waals surface area contributed by atoms with Crippen LogP contribution in [0, 0.1) is 0 Å². The largest absolute Gasteiger partial charge is 0.459 e. The highest BCUT2D eigenvalue weighted by atomic mass is 16.6. The number of carbonyl (C=O) groups excluding carboxylic acids is 1. The van der Waals surface area contributed by atoms with Gasteiger partial charge in [-0.1, -0.05) is 6.07 Å². The second-order valence-corrected chi connectivity index (χ2v) is 6.75. The normalized spacial score (nSPS) is 11.0. The van der Waals surface area contributed by atoms with Crippen LogP contribution in [0.3, 0.4) is 0 Å². The Hall–Kier alpha value is -4.67. The molecule has 5 rings (SSSR count). The van der Waals surface area contributed by atoms with Crippen molar-refractivity contribution in [3.05, 3.63) is 60.7 Å². The number of benzene rings is 1. The van der Waals surface area contributed by atoms with Crippen molar-refractivity contribution in [1.82, 2.24) is 24.8 Å². The van der Waals surface area contributed by atoms with E-state index in [1.807, 2.05) is 11.5 Å². The Labute approximate surface area is 180 Å². The Kier molecular flexibility index (Phi) is 4.75. The summed E-state index contributed by atoms with van der Waals surface area (Å²) in [5.74, 6) is 1.42. The molecular formula is C21H17N7O4. The van der Waals surface area contributed by atoms with Gasteiger partial charge in [0.1, 0.15) is 11.3 Å². The van der Waals surface area contributed by atoms with E-state index in [9.17, 15) is 4.79 Å². The lowest BCUT2D eigenvalue weighted by atomic mass is 10.3. The summed E-state index contributed by atoms with van der Waals surface area (Å²) in [5, 5.41) is 10.2. The summed E-state index contributed by atoms with van der Waals surface area (Å²) in [6.45, 7) is 2.58. The molecule has 0 unspecified atom stereocenters. The minimum atomic E-state index is -0.354. The number of nitrogens with zero attached hydrogens (tertiary/aromatic N) is 5. The van der Waals surface area contributed by atoms with E-state index in [0.717, 1.165) is 5.52 Å². The third-order valence-electron chi connectivity index (χ3n) is 4.71. The van der Waals surface area contributed by atoms with E-state index in [4.69, 9.17) is 19.5 Å². The van der Waals surface area contributed by atoms with E-state index in [2.05, 4.69) is 25.6 Å². The number of carbonyl (C=O) groups is 1. The lowest BCUT2D eigenvalue weighted by Crippen LogP contribution is -2.10. The molecule has 0 atom stereocenters. The first-order chi connectivity index (χ1) is 15.6. The Morgan fingerprint density at radius 2 is 2.12 bits per heavy atom. The van der Waals surface area contributed by atoms with Gasteiger partial charge in [0.25, 0.3) is 5.91 Å². The molecule has 0 bridgehead atoms. The van der Waals surface area contributed by atoms with Crippen molar-refractivity contribution < 1.29 is 18.6 Å². The summed E-state index contributed by atoms with van der Waals surface area (Å²) < 4.78 is 17.7. The lowest BCUT2D eigenvalue weighted by molar-refractivity contribution is 0.0996. The molecule has 0 saturated carbocycles. The van der Waals surface area contributed by atoms with Crippen LogP contribution in [0.25, 0.3) is 22.6 Å². The zero-order valence-electron chi connectivity index (χ0n) is 16.8. The van der Waals surface area contributed by atoms with E-state index in [-0.39, 0.29) is 17.5 Å². The highest BCUT2D eigenvalue weighted by Gasteiger charge is 2.19. The SMILES string of the molecule is CCn1c(-c2nonc2N)nc2cnc(Oc3cccc(NC(=O)c4ccco4)c3)cc21. The van der Waals surface area contributed by atoms with Crippen molar-refractivity contribution in [2.75, 3.05) is 11.1 Å². The fourth-order valence-electron chi connectivity index (χ4n) is 3.28. The minimum absolute atomic E-state index is 0.160. The van der Waals surface area contributed by atoms with E-state index >= 15 is 0 Å². The van der Waals surface area contributed by atoms with Gasteiger partial charge in [0.05, 0.1) is 18.0 Å². The average Bonchev–Trinajstić information content (AvgIpc) is 3.53. The summed E-state index contributed by atoms with van der Waals surface area (Å²) in [5.41, 5.74) is 8.19. The maximum absolute atomic E-state index is 12.2. The molecule has 4 heterocycles. The van der Waals surface area contributed by atoms with Crippen molar-refractivity contribution in [3.8, 4) is 23.1 Å². The fraction of sp³-hybridized carbons (Fsp3) is 0.0952. The van der Waals surface area contributed by atoms with Crippen LogP contribution in [0.15, 0.2) is 64.0 Å². The molecule has 0 saturated heterocycles. The number of aromatic nitrogens is 5. The summed E-state index contributed by atoms with van der Waals surface area (Å²) in [7, 11) is 0. The third kappa shape index (κ3) is 3.51. The monoisotopic (exact) mass is 431 g/mol. The average molecular weight is 431 g/mol. The number of hydrogen-bond donors (Lipinski definition) is 2. The first-order valence-corrected chi connectivity index (χ1v) is 9.70. The van der Waals surface area contributed by atoms with Crippen LogP contribution in [0.1, 0.15) is 17.5 Å². The van der Waals surface area contributed by atoms with E-state index in [1.54, 1.807) is 48.7 Å². The maximum Gasteiger partial charge on any atom is 0.291 e. The second-order valence-electron chi connectivity index (χ2n) is 6.75. The summed E-state index contributed by atoms with van der Waals surface area (Å²) in [6, 6.07) is 12.0. The molecule has 11 heteroatoms. The molecule has 4 aromatic heterocycles. The Bertz CT molecular complexity index is 1410. The fourth-order valence-corrected chi connectivity index (χ4v) is 3.28. The number of amides is 1. The van der Waals surface area contributed by atoms with Gasteiger partial charge in [-0.05, 0) is 41.5 Å². The van der Waals surface area contributed by atoms with E-state index in [0.29, 0.717) is 40.9 Å². The van der Waals surface area contributed by atoms with E-state index < -0.39 is 0 Å². The molecule has 1 aromatic carbocycles. The van der Waals surface area contributed by atoms with Gasteiger partial charge >= 0.3 is 0 Å². The van der Waals surface area contributed by atoms with E-state index in [1.165, 1.54) is 6.26 Å². The van der Waals surface area contributed by atoms with Crippen molar-refractivity contribution >= 4 is 28.4 Å². The predicted molar refractivity (Wildman–Crippen MR) is 114 cm³/mol. The summed E-state index contributed by atoms with van der Waals surface area (Å²) in [4.78, 5) is 21.1. The second kappa shape index (κ2) is 7.87. The number of fused-ring (bicyclic) bond motifs is 1. The van der Waals surface area contributed by atoms with Gasteiger partial charge in [-0.25, -0.2) is 14.6 Å². The van der Waals surface area contributed by atoms with Gasteiger partial charge in [0.15, 0.2) is 23.1 Å². The highest BCUT2D eigenvalue weighted by Crippen LogP contribution is 2.30. The highest BCUT2D eigenvalue weighted by molar-refractivity contribution is 6.02. The van der Waals surface area contributed by atoms with Crippen LogP contribution in [0.4, 0.5) is 11.5 Å². The first kappa shape index (κ1) is 19.3. The van der Waals surface area contributed by atoms with Gasteiger partial charge in [0.2, 0.25) is 5.88 Å². The zero-order chi connectivity index (χ0) is 22.1. The maximum atomic E-state index is 12.2. The topological polar surface area (TPSA) is 147 Å². The van der Waals surface area contributed by atoms with Crippen LogP contribution in [0.5, 0.6) is 11.6 Å². The molecule has 0 radical (unpaired) electrons. The van der Waals surface area contributed by atoms with Gasteiger partial charge in [-0.3, -0.25) is 4.79 Å². The van der Waals surface area contributed by atoms with Gasteiger partial charge in [-0.15, -0.1) is 0 Å². The van der Waals surface area contributed by atoms with Crippen LogP contribution < -0.4 is 15.8 Å². The zero-order valence-corrected chi connectivity index (χ0v) is 16.8. The number of ether oxygens (including phenoxy) is 1. The Balaban J connectivity index is 1.42. The number of rotatable bonds is 6. The van der Waals surface area contributed by atoms with Crippen LogP contribution >= 0.6 is 0 Å². The molecule has 3 N–H and O–H groups in total. The Morgan fingerprint density at radius 1 is 1.22 bits per heavy atom. The molecule has 0 aliphatic heterocycles. The van der Waals surface area contributed by atoms with Gasteiger partial charge in [0, 0.05) is 24.4 Å². The van der Waals surface area contributed by atoms with Gasteiger partial charge < -0.3 is 24.8 Å². The van der Waals surface area contributed by atoms with Crippen LogP contribution in [0.2, 0.25) is 0 Å². The third-order valence-corrected chi connectivity index (χ3v) is 4.71. The number of nitrogens with two attached hydrogens (primary N) is 1. The lowest BCUT2D eigenvalue weighted by Gasteiger charge is -2.08. The molecule has 11 nitrogen and oxygen atoms in total. The molecule has 0 fully saturated rings. The standard InChI is InChI=1S/C21H17N7O4/c1-2-28-15-10-17(23-11-14(15)25-20(28)18-19(22)27-32-26-18)31-13-6-3-5-12(9-13)24-21(29)16-7-4-8-30-16/h3-11H,2H2,1H3,(H2,22,27)(H,24,29). The molecule has 0 spiro atoms. The number of aryl methyl sites for hydroxylation is 1. The number of nitrogens with one attached hydrogen (secondary N) is 1. The Morgan fingerprint density at radius 3 is 2.88 bits per heavy atom. The van der Waals surface area contributed by atoms with Gasteiger partial charge in [-0.2, -0.15) is 0 Å². The summed E-state index contributed by atoms with van der Waals surface area (Å²) in [6.07, 6.45) is 3.04. The number of furan rings is 1. The van der Waals surface area contributed by atoms with Crippen molar-refractivity contribution in [2.45, 2.75) is 13.5 Å². The van der Waals surface area contributed by atoms with Crippen LogP contribution in [-0.2, 0) is 6.54 Å². The number of anilines is 2. The number of nitrogen functional groups attached to an aromatic ring is 1. The summed E-state index contributed by atoms with van der Waals surface area (Å²) >= 11 is 0. The predicted octanol–water partition coefficient (Wildman–Crippen LogP) is 3.72. The van der Waals surface area contributed by atoms with Crippen molar-refractivity contribution in [2.24, 2.45) is 0 Å².